The minimum absolute atomic E-state index is 0.197. The van der Waals surface area contributed by atoms with Crippen molar-refractivity contribution in [2.24, 2.45) is 10.3 Å². The summed E-state index contributed by atoms with van der Waals surface area (Å²) in [7, 11) is 6.74. The average molecular weight is 174 g/mol. The van der Waals surface area contributed by atoms with Gasteiger partial charge in [-0.25, -0.2) is 0 Å². The van der Waals surface area contributed by atoms with Crippen LogP contribution in [0.4, 0.5) is 0 Å². The van der Waals surface area contributed by atoms with Crippen molar-refractivity contribution >= 4 is 11.7 Å². The third-order valence-corrected chi connectivity index (χ3v) is 1.24. The van der Waals surface area contributed by atoms with E-state index in [1.54, 1.807) is 28.2 Å². The first-order valence-electron chi connectivity index (χ1n) is 3.33. The molecule has 0 aliphatic carbocycles. The van der Waals surface area contributed by atoms with Crippen LogP contribution in [0.25, 0.3) is 0 Å². The molecule has 6 nitrogen and oxygen atoms in total. The summed E-state index contributed by atoms with van der Waals surface area (Å²) >= 11 is 0. The highest BCUT2D eigenvalue weighted by Gasteiger charge is 2.14. The number of nitrogens with zero attached hydrogens (tertiary/aromatic N) is 4. The maximum absolute atomic E-state index is 8.57. The monoisotopic (exact) mass is 174 g/mol. The summed E-state index contributed by atoms with van der Waals surface area (Å²) in [4.78, 5) is 3.07. The van der Waals surface area contributed by atoms with Crippen LogP contribution in [0.15, 0.2) is 10.3 Å². The number of hydrogen-bond donors (Lipinski definition) is 2. The fourth-order valence-corrected chi connectivity index (χ4v) is 0.668. The highest BCUT2D eigenvalue weighted by Crippen LogP contribution is 1.91. The van der Waals surface area contributed by atoms with Crippen molar-refractivity contribution in [1.82, 2.24) is 9.80 Å². The third-order valence-electron chi connectivity index (χ3n) is 1.24. The number of oxime groups is 2. The van der Waals surface area contributed by atoms with Crippen molar-refractivity contribution in [1.29, 1.82) is 0 Å². The van der Waals surface area contributed by atoms with E-state index in [9.17, 15) is 0 Å². The van der Waals surface area contributed by atoms with Crippen LogP contribution in [0.5, 0.6) is 0 Å². The predicted octanol–water partition coefficient (Wildman–Crippen LogP) is -0.315. The van der Waals surface area contributed by atoms with Crippen molar-refractivity contribution in [2.75, 3.05) is 28.2 Å². The SMILES string of the molecule is CN(C)C(=N/O)/C(=N\O)N(C)C. The normalized spacial score (nSPS) is 13.0. The fraction of sp³-hybridized carbons (Fsp3) is 0.667. The lowest BCUT2D eigenvalue weighted by molar-refractivity contribution is 0.301. The summed E-state index contributed by atoms with van der Waals surface area (Å²) in [6.45, 7) is 0. The smallest absolute Gasteiger partial charge is 0.213 e. The zero-order valence-electron chi connectivity index (χ0n) is 7.68. The zero-order chi connectivity index (χ0) is 9.72. The number of hydrogen-bond acceptors (Lipinski definition) is 4. The number of likely N-dealkylation sites (N-methyl/N-ethyl adjacent to an activating group) is 2. The van der Waals surface area contributed by atoms with E-state index in [2.05, 4.69) is 10.3 Å². The van der Waals surface area contributed by atoms with Gasteiger partial charge in [-0.3, -0.25) is 0 Å². The first kappa shape index (κ1) is 10.5. The van der Waals surface area contributed by atoms with Gasteiger partial charge in [0, 0.05) is 28.2 Å². The molecule has 0 fully saturated rings. The molecule has 0 radical (unpaired) electrons. The lowest BCUT2D eigenvalue weighted by Crippen LogP contribution is -2.38. The molecule has 70 valence electrons. The van der Waals surface area contributed by atoms with Gasteiger partial charge in [0.1, 0.15) is 0 Å². The van der Waals surface area contributed by atoms with Crippen LogP contribution in [-0.4, -0.2) is 60.1 Å². The molecule has 0 aromatic rings. The van der Waals surface area contributed by atoms with Crippen LogP contribution in [-0.2, 0) is 0 Å². The van der Waals surface area contributed by atoms with Crippen LogP contribution in [0.1, 0.15) is 0 Å². The molecule has 0 saturated heterocycles. The van der Waals surface area contributed by atoms with E-state index < -0.39 is 0 Å². The van der Waals surface area contributed by atoms with Crippen LogP contribution in [0.3, 0.4) is 0 Å². The lowest BCUT2D eigenvalue weighted by Gasteiger charge is -2.19. The van der Waals surface area contributed by atoms with E-state index in [0.29, 0.717) is 0 Å². The highest BCUT2D eigenvalue weighted by atomic mass is 16.4. The zero-order valence-corrected chi connectivity index (χ0v) is 7.68. The van der Waals surface area contributed by atoms with Gasteiger partial charge in [0.15, 0.2) is 0 Å². The minimum Gasteiger partial charge on any atom is -0.409 e. The average Bonchev–Trinajstić information content (AvgIpc) is 1.98. The Morgan fingerprint density at radius 2 is 1.08 bits per heavy atom. The molecule has 0 aromatic heterocycles. The molecule has 0 heterocycles. The summed E-state index contributed by atoms with van der Waals surface area (Å²) < 4.78 is 0. The van der Waals surface area contributed by atoms with Crippen molar-refractivity contribution < 1.29 is 10.4 Å². The molecule has 0 rings (SSSR count). The lowest BCUT2D eigenvalue weighted by atomic mass is 10.4. The summed E-state index contributed by atoms with van der Waals surface area (Å²) in [6.07, 6.45) is 0. The van der Waals surface area contributed by atoms with E-state index >= 15 is 0 Å². The second-order valence-corrected chi connectivity index (χ2v) is 2.64. The number of amidine groups is 2. The van der Waals surface area contributed by atoms with E-state index in [1.807, 2.05) is 0 Å². The maximum Gasteiger partial charge on any atom is 0.213 e. The molecule has 12 heavy (non-hydrogen) atoms. The molecule has 0 spiro atoms. The van der Waals surface area contributed by atoms with Crippen LogP contribution in [0, 0.1) is 0 Å². The molecule has 0 aliphatic heterocycles. The first-order valence-corrected chi connectivity index (χ1v) is 3.33. The summed E-state index contributed by atoms with van der Waals surface area (Å²) in [5.41, 5.74) is 0. The Hall–Kier alpha value is -1.46. The van der Waals surface area contributed by atoms with Gasteiger partial charge in [0.2, 0.25) is 11.7 Å². The van der Waals surface area contributed by atoms with Crippen molar-refractivity contribution in [3.8, 4) is 0 Å². The van der Waals surface area contributed by atoms with Crippen LogP contribution >= 0.6 is 0 Å². The van der Waals surface area contributed by atoms with Gasteiger partial charge in [-0.15, -0.1) is 0 Å². The molecule has 0 saturated carbocycles. The van der Waals surface area contributed by atoms with E-state index in [0.717, 1.165) is 0 Å². The first-order chi connectivity index (χ1) is 5.54. The Morgan fingerprint density at radius 3 is 1.17 bits per heavy atom. The molecule has 0 unspecified atom stereocenters. The van der Waals surface area contributed by atoms with Crippen LogP contribution in [0.2, 0.25) is 0 Å². The molecular weight excluding hydrogens is 160 g/mol. The standard InChI is InChI=1S/C6H14N4O2/c1-9(2)5(7-11)6(8-12)10(3)4/h11-12H,1-4H3/b7-5+,8-6+. The molecular formula is C6H14N4O2. The Morgan fingerprint density at radius 1 is 0.833 bits per heavy atom. The minimum atomic E-state index is 0.197. The molecule has 0 aromatic carbocycles. The molecule has 0 bridgehead atoms. The summed E-state index contributed by atoms with van der Waals surface area (Å²) in [6, 6.07) is 0. The van der Waals surface area contributed by atoms with Crippen molar-refractivity contribution in [2.45, 2.75) is 0 Å². The fourth-order valence-electron chi connectivity index (χ4n) is 0.668. The Kier molecular flexibility index (Phi) is 3.89. The quantitative estimate of drug-likeness (QED) is 0.228. The second kappa shape index (κ2) is 4.42. The maximum atomic E-state index is 8.57. The Bertz CT molecular complexity index is 176. The van der Waals surface area contributed by atoms with Gasteiger partial charge in [-0.2, -0.15) is 0 Å². The van der Waals surface area contributed by atoms with Crippen LogP contribution < -0.4 is 0 Å². The highest BCUT2D eigenvalue weighted by molar-refractivity contribution is 6.39. The molecule has 2 N–H and O–H groups in total. The van der Waals surface area contributed by atoms with Gasteiger partial charge in [0.25, 0.3) is 0 Å². The van der Waals surface area contributed by atoms with E-state index in [4.69, 9.17) is 10.4 Å². The second-order valence-electron chi connectivity index (χ2n) is 2.64. The molecule has 0 amide bonds. The van der Waals surface area contributed by atoms with Gasteiger partial charge in [0.05, 0.1) is 0 Å². The van der Waals surface area contributed by atoms with Crippen molar-refractivity contribution in [3.63, 3.8) is 0 Å². The predicted molar refractivity (Wildman–Crippen MR) is 45.8 cm³/mol. The van der Waals surface area contributed by atoms with Gasteiger partial charge < -0.3 is 20.2 Å². The van der Waals surface area contributed by atoms with Gasteiger partial charge in [-0.05, 0) is 0 Å². The number of rotatable bonds is 0. The summed E-state index contributed by atoms with van der Waals surface area (Å²) in [5, 5.41) is 23.1. The topological polar surface area (TPSA) is 71.7 Å². The van der Waals surface area contributed by atoms with E-state index in [-0.39, 0.29) is 11.7 Å². The third kappa shape index (κ3) is 2.30. The van der Waals surface area contributed by atoms with E-state index in [1.165, 1.54) is 9.80 Å². The molecule has 6 heteroatoms. The summed E-state index contributed by atoms with van der Waals surface area (Å²) in [5.74, 6) is 0.394. The van der Waals surface area contributed by atoms with Gasteiger partial charge in [-0.1, -0.05) is 10.3 Å². The Labute approximate surface area is 71.4 Å². The Balaban J connectivity index is 4.73. The largest absolute Gasteiger partial charge is 0.409 e. The molecule has 0 aliphatic rings. The van der Waals surface area contributed by atoms with Crippen molar-refractivity contribution in [3.05, 3.63) is 0 Å². The molecule has 0 atom stereocenters. The van der Waals surface area contributed by atoms with Gasteiger partial charge >= 0.3 is 0 Å².